The first-order chi connectivity index (χ1) is 17.7. The van der Waals surface area contributed by atoms with Gasteiger partial charge in [-0.1, -0.05) is 38.1 Å². The van der Waals surface area contributed by atoms with Crippen LogP contribution >= 0.6 is 31.9 Å². The zero-order valence-electron chi connectivity index (χ0n) is 21.0. The van der Waals surface area contributed by atoms with E-state index in [9.17, 15) is 19.8 Å². The number of rotatable bonds is 8. The number of aliphatic hydroxyl groups excluding tert-OH is 2. The van der Waals surface area contributed by atoms with Gasteiger partial charge in [0.1, 0.15) is 18.0 Å². The fourth-order valence-electron chi connectivity index (χ4n) is 5.66. The van der Waals surface area contributed by atoms with Gasteiger partial charge in [-0.05, 0) is 80.7 Å². The number of benzene rings is 1. The van der Waals surface area contributed by atoms with E-state index in [0.717, 1.165) is 20.9 Å². The number of hydrogen-bond acceptors (Lipinski definition) is 7. The summed E-state index contributed by atoms with van der Waals surface area (Å²) in [5.41, 5.74) is 0.961. The standard InChI is InChI=1S/C28H34Br2O7/c1-3-23(36-27-21(29)5-4-6-22(27)30)28(34)37-24-13-17(31)11-16-8-7-15(2)20(26(16)24)10-9-19-12-18(32)14-25(33)35-19/h4-8,11,15,17-20,23-24,26,31-32H,3,9-10,12-14H2,1-2H3/t15-,17+,18-,19+,20-,23?,24-,26-/m0/s1. The summed E-state index contributed by atoms with van der Waals surface area (Å²) in [6.45, 7) is 4.00. The van der Waals surface area contributed by atoms with Crippen molar-refractivity contribution >= 4 is 43.8 Å². The fraction of sp³-hybridized carbons (Fsp3) is 0.571. The molecule has 4 rings (SSSR count). The number of hydrogen-bond donors (Lipinski definition) is 2. The van der Waals surface area contributed by atoms with E-state index in [2.05, 4.69) is 44.9 Å². The highest BCUT2D eigenvalue weighted by molar-refractivity contribution is 9.11. The largest absolute Gasteiger partial charge is 0.476 e. The number of esters is 2. The van der Waals surface area contributed by atoms with Gasteiger partial charge >= 0.3 is 11.9 Å². The lowest BCUT2D eigenvalue weighted by molar-refractivity contribution is -0.165. The minimum Gasteiger partial charge on any atom is -0.476 e. The summed E-state index contributed by atoms with van der Waals surface area (Å²) in [6.07, 6.45) is 5.53. The highest BCUT2D eigenvalue weighted by Crippen LogP contribution is 2.44. The Morgan fingerprint density at radius 3 is 2.59 bits per heavy atom. The number of allylic oxidation sites excluding steroid dienone is 2. The molecule has 0 amide bonds. The molecule has 1 heterocycles. The van der Waals surface area contributed by atoms with Crippen LogP contribution in [0.15, 0.2) is 50.9 Å². The van der Waals surface area contributed by atoms with E-state index in [4.69, 9.17) is 14.2 Å². The number of fused-ring (bicyclic) bond motifs is 1. The van der Waals surface area contributed by atoms with Crippen molar-refractivity contribution in [3.8, 4) is 5.75 Å². The van der Waals surface area contributed by atoms with Crippen molar-refractivity contribution in [2.45, 2.75) is 82.9 Å². The van der Waals surface area contributed by atoms with Gasteiger partial charge in [0.2, 0.25) is 0 Å². The highest BCUT2D eigenvalue weighted by Gasteiger charge is 2.43. The van der Waals surface area contributed by atoms with Crippen LogP contribution in [-0.2, 0) is 19.1 Å². The van der Waals surface area contributed by atoms with E-state index in [0.29, 0.717) is 31.4 Å². The second kappa shape index (κ2) is 12.5. The zero-order chi connectivity index (χ0) is 26.7. The minimum absolute atomic E-state index is 0.0429. The van der Waals surface area contributed by atoms with Crippen LogP contribution in [0.2, 0.25) is 0 Å². The maximum atomic E-state index is 13.3. The molecule has 1 aromatic carbocycles. The molecule has 2 aliphatic carbocycles. The van der Waals surface area contributed by atoms with Crippen molar-refractivity contribution in [1.82, 2.24) is 0 Å². The van der Waals surface area contributed by atoms with E-state index >= 15 is 0 Å². The molecule has 0 spiro atoms. The first-order valence-electron chi connectivity index (χ1n) is 12.9. The number of ether oxygens (including phenoxy) is 3. The molecular formula is C28H34Br2O7. The Morgan fingerprint density at radius 2 is 1.92 bits per heavy atom. The summed E-state index contributed by atoms with van der Waals surface area (Å²) in [4.78, 5) is 25.1. The molecule has 1 saturated heterocycles. The maximum Gasteiger partial charge on any atom is 0.347 e. The third-order valence-electron chi connectivity index (χ3n) is 7.51. The van der Waals surface area contributed by atoms with Crippen molar-refractivity contribution in [2.24, 2.45) is 17.8 Å². The lowest BCUT2D eigenvalue weighted by atomic mass is 9.66. The Morgan fingerprint density at radius 1 is 1.19 bits per heavy atom. The predicted molar refractivity (Wildman–Crippen MR) is 145 cm³/mol. The highest BCUT2D eigenvalue weighted by atomic mass is 79.9. The molecule has 0 radical (unpaired) electrons. The Labute approximate surface area is 234 Å². The Balaban J connectivity index is 1.49. The van der Waals surface area contributed by atoms with Crippen LogP contribution in [0.25, 0.3) is 0 Å². The molecule has 202 valence electrons. The average molecular weight is 642 g/mol. The van der Waals surface area contributed by atoms with Gasteiger partial charge in [0.15, 0.2) is 6.10 Å². The number of halogens is 2. The third kappa shape index (κ3) is 6.85. The molecule has 1 fully saturated rings. The summed E-state index contributed by atoms with van der Waals surface area (Å²) in [6, 6.07) is 5.55. The molecule has 8 atom stereocenters. The molecule has 0 aromatic heterocycles. The van der Waals surface area contributed by atoms with E-state index < -0.39 is 30.4 Å². The lowest BCUT2D eigenvalue weighted by Crippen LogP contribution is -2.44. The summed E-state index contributed by atoms with van der Waals surface area (Å²) in [7, 11) is 0. The summed E-state index contributed by atoms with van der Waals surface area (Å²) in [5.74, 6) is -0.0594. The summed E-state index contributed by atoms with van der Waals surface area (Å²) in [5, 5.41) is 20.5. The molecule has 37 heavy (non-hydrogen) atoms. The number of aliphatic hydroxyl groups is 2. The molecule has 1 aromatic rings. The van der Waals surface area contributed by atoms with E-state index in [1.807, 2.05) is 37.3 Å². The van der Waals surface area contributed by atoms with Crippen LogP contribution in [0.4, 0.5) is 0 Å². The predicted octanol–water partition coefficient (Wildman–Crippen LogP) is 5.26. The van der Waals surface area contributed by atoms with E-state index in [1.54, 1.807) is 0 Å². The van der Waals surface area contributed by atoms with Gasteiger partial charge in [-0.15, -0.1) is 0 Å². The average Bonchev–Trinajstić information content (AvgIpc) is 2.82. The van der Waals surface area contributed by atoms with Gasteiger partial charge < -0.3 is 24.4 Å². The number of cyclic esters (lactones) is 1. The van der Waals surface area contributed by atoms with Crippen LogP contribution in [-0.4, -0.2) is 52.7 Å². The number of carbonyl (C=O) groups excluding carboxylic acids is 2. The van der Waals surface area contributed by atoms with E-state index in [1.165, 1.54) is 0 Å². The van der Waals surface area contributed by atoms with Gasteiger partial charge in [-0.3, -0.25) is 4.79 Å². The van der Waals surface area contributed by atoms with Gasteiger partial charge in [-0.25, -0.2) is 4.79 Å². The molecule has 3 aliphatic rings. The second-order valence-electron chi connectivity index (χ2n) is 10.2. The van der Waals surface area contributed by atoms with Gasteiger partial charge in [0.25, 0.3) is 0 Å². The van der Waals surface area contributed by atoms with Crippen LogP contribution in [0.5, 0.6) is 5.75 Å². The van der Waals surface area contributed by atoms with Crippen LogP contribution < -0.4 is 4.74 Å². The van der Waals surface area contributed by atoms with Gasteiger partial charge in [0.05, 0.1) is 27.6 Å². The molecule has 9 heteroatoms. The fourth-order valence-corrected chi connectivity index (χ4v) is 6.85. The lowest BCUT2D eigenvalue weighted by Gasteiger charge is -2.43. The molecule has 2 N–H and O–H groups in total. The first kappa shape index (κ1) is 28.3. The number of carbonyl (C=O) groups is 2. The molecule has 0 bridgehead atoms. The molecule has 1 unspecified atom stereocenters. The minimum atomic E-state index is -0.806. The first-order valence-corrected chi connectivity index (χ1v) is 14.5. The summed E-state index contributed by atoms with van der Waals surface area (Å²) < 4.78 is 19.1. The zero-order valence-corrected chi connectivity index (χ0v) is 24.2. The van der Waals surface area contributed by atoms with Gasteiger partial charge in [-0.2, -0.15) is 0 Å². The molecular weight excluding hydrogens is 608 g/mol. The third-order valence-corrected chi connectivity index (χ3v) is 8.76. The molecule has 1 aliphatic heterocycles. The quantitative estimate of drug-likeness (QED) is 0.374. The second-order valence-corrected chi connectivity index (χ2v) is 11.9. The van der Waals surface area contributed by atoms with Crippen LogP contribution in [0, 0.1) is 17.8 Å². The van der Waals surface area contributed by atoms with Gasteiger partial charge in [0, 0.05) is 18.8 Å². The van der Waals surface area contributed by atoms with Crippen molar-refractivity contribution in [2.75, 3.05) is 0 Å². The molecule has 0 saturated carbocycles. The smallest absolute Gasteiger partial charge is 0.347 e. The van der Waals surface area contributed by atoms with Crippen molar-refractivity contribution < 1.29 is 34.0 Å². The topological polar surface area (TPSA) is 102 Å². The number of para-hydroxylation sites is 1. The van der Waals surface area contributed by atoms with Crippen molar-refractivity contribution in [3.05, 3.63) is 50.9 Å². The normalized spacial score (nSPS) is 32.1. The van der Waals surface area contributed by atoms with Crippen LogP contribution in [0.1, 0.15) is 52.4 Å². The summed E-state index contributed by atoms with van der Waals surface area (Å²) >= 11 is 6.95. The van der Waals surface area contributed by atoms with Crippen molar-refractivity contribution in [1.29, 1.82) is 0 Å². The Bertz CT molecular complexity index is 1030. The Kier molecular flexibility index (Phi) is 9.53. The molecule has 7 nitrogen and oxygen atoms in total. The SMILES string of the molecule is CCC(Oc1c(Br)cccc1Br)C(=O)O[C@H]1C[C@H](O)C=C2C=C[C@H](C)[C@H](CC[C@@H]3C[C@H](O)CC(=O)O3)[C@H]21. The van der Waals surface area contributed by atoms with Crippen molar-refractivity contribution in [3.63, 3.8) is 0 Å². The maximum absolute atomic E-state index is 13.3. The van der Waals surface area contributed by atoms with E-state index in [-0.39, 0.29) is 36.2 Å². The van der Waals surface area contributed by atoms with Crippen LogP contribution in [0.3, 0.4) is 0 Å². The monoisotopic (exact) mass is 640 g/mol. The Hall–Kier alpha value is -1.68.